The SMILES string of the molecule is CCOc1c(Br)cc(Br)cc1CNCC(=O)NC(C)(C)C. The standard InChI is InChI=1S/C15H22Br2N2O2/c1-5-21-14-10(6-11(16)7-12(14)17)8-18-9-13(20)19-15(2,3)4/h6-7,18H,5,8-9H2,1-4H3,(H,19,20). The van der Waals surface area contributed by atoms with Crippen molar-refractivity contribution < 1.29 is 9.53 Å². The maximum absolute atomic E-state index is 11.8. The topological polar surface area (TPSA) is 50.4 Å². The lowest BCUT2D eigenvalue weighted by Crippen LogP contribution is -2.44. The number of hydrogen-bond donors (Lipinski definition) is 2. The van der Waals surface area contributed by atoms with Crippen molar-refractivity contribution in [1.82, 2.24) is 10.6 Å². The highest BCUT2D eigenvalue weighted by molar-refractivity contribution is 9.11. The molecule has 0 aliphatic rings. The molecular formula is C15H22Br2N2O2. The van der Waals surface area contributed by atoms with Gasteiger partial charge in [-0.1, -0.05) is 15.9 Å². The van der Waals surface area contributed by atoms with Crippen LogP contribution in [-0.2, 0) is 11.3 Å². The number of carbonyl (C=O) groups is 1. The quantitative estimate of drug-likeness (QED) is 0.737. The Morgan fingerprint density at radius 2 is 1.95 bits per heavy atom. The summed E-state index contributed by atoms with van der Waals surface area (Å²) in [6.07, 6.45) is 0. The van der Waals surface area contributed by atoms with Crippen LogP contribution in [0.3, 0.4) is 0 Å². The third-order valence-electron chi connectivity index (χ3n) is 2.49. The van der Waals surface area contributed by atoms with E-state index in [2.05, 4.69) is 42.5 Å². The highest BCUT2D eigenvalue weighted by Crippen LogP contribution is 2.32. The molecule has 0 spiro atoms. The van der Waals surface area contributed by atoms with Crippen LogP contribution >= 0.6 is 31.9 Å². The van der Waals surface area contributed by atoms with E-state index in [9.17, 15) is 4.79 Å². The summed E-state index contributed by atoms with van der Waals surface area (Å²) < 4.78 is 7.52. The second-order valence-corrected chi connectivity index (χ2v) is 7.48. The molecule has 1 amide bonds. The number of nitrogens with one attached hydrogen (secondary N) is 2. The summed E-state index contributed by atoms with van der Waals surface area (Å²) in [5.74, 6) is 0.791. The summed E-state index contributed by atoms with van der Waals surface area (Å²) in [5.41, 5.74) is 0.787. The second kappa shape index (κ2) is 8.15. The van der Waals surface area contributed by atoms with Crippen molar-refractivity contribution in [3.05, 3.63) is 26.6 Å². The summed E-state index contributed by atoms with van der Waals surface area (Å²) in [5, 5.41) is 6.06. The second-order valence-electron chi connectivity index (χ2n) is 5.71. The smallest absolute Gasteiger partial charge is 0.234 e. The molecule has 0 aliphatic carbocycles. The highest BCUT2D eigenvalue weighted by atomic mass is 79.9. The molecule has 1 aromatic rings. The first kappa shape index (κ1) is 18.5. The minimum atomic E-state index is -0.214. The van der Waals surface area contributed by atoms with Gasteiger partial charge in [0.15, 0.2) is 0 Å². The van der Waals surface area contributed by atoms with Gasteiger partial charge in [0.25, 0.3) is 0 Å². The summed E-state index contributed by atoms with van der Waals surface area (Å²) in [7, 11) is 0. The van der Waals surface area contributed by atoms with Gasteiger partial charge in [0.2, 0.25) is 5.91 Å². The normalized spacial score (nSPS) is 11.3. The average Bonchev–Trinajstić information content (AvgIpc) is 2.31. The highest BCUT2D eigenvalue weighted by Gasteiger charge is 2.14. The maximum Gasteiger partial charge on any atom is 0.234 e. The lowest BCUT2D eigenvalue weighted by Gasteiger charge is -2.20. The number of halogens is 2. The third kappa shape index (κ3) is 6.80. The van der Waals surface area contributed by atoms with E-state index >= 15 is 0 Å². The van der Waals surface area contributed by atoms with E-state index in [1.165, 1.54) is 0 Å². The average molecular weight is 422 g/mol. The van der Waals surface area contributed by atoms with Gasteiger partial charge < -0.3 is 15.4 Å². The van der Waals surface area contributed by atoms with Crippen molar-refractivity contribution in [3.8, 4) is 5.75 Å². The van der Waals surface area contributed by atoms with Crippen molar-refractivity contribution in [2.45, 2.75) is 39.8 Å². The summed E-state index contributed by atoms with van der Waals surface area (Å²) in [6.45, 7) is 9.26. The Morgan fingerprint density at radius 3 is 2.52 bits per heavy atom. The Labute approximate surface area is 143 Å². The molecule has 0 saturated carbocycles. The van der Waals surface area contributed by atoms with Gasteiger partial charge in [-0.3, -0.25) is 4.79 Å². The largest absolute Gasteiger partial charge is 0.492 e. The summed E-state index contributed by atoms with van der Waals surface area (Å²) in [6, 6.07) is 3.94. The van der Waals surface area contributed by atoms with E-state index < -0.39 is 0 Å². The third-order valence-corrected chi connectivity index (χ3v) is 3.54. The van der Waals surface area contributed by atoms with Crippen molar-refractivity contribution in [3.63, 3.8) is 0 Å². The number of hydrogen-bond acceptors (Lipinski definition) is 3. The number of carbonyl (C=O) groups excluding carboxylic acids is 1. The van der Waals surface area contributed by atoms with E-state index in [1.54, 1.807) is 0 Å². The van der Waals surface area contributed by atoms with Gasteiger partial charge in [-0.2, -0.15) is 0 Å². The van der Waals surface area contributed by atoms with Crippen LogP contribution in [0, 0.1) is 0 Å². The molecule has 0 saturated heterocycles. The fourth-order valence-corrected chi connectivity index (χ4v) is 3.25. The molecular weight excluding hydrogens is 400 g/mol. The molecule has 1 rings (SSSR count). The Bertz CT molecular complexity index is 499. The van der Waals surface area contributed by atoms with E-state index in [4.69, 9.17) is 4.74 Å². The molecule has 6 heteroatoms. The summed E-state index contributed by atoms with van der Waals surface area (Å²) in [4.78, 5) is 11.8. The van der Waals surface area contributed by atoms with E-state index in [-0.39, 0.29) is 18.0 Å². The fourth-order valence-electron chi connectivity index (χ4n) is 1.82. The van der Waals surface area contributed by atoms with Crippen LogP contribution in [0.15, 0.2) is 21.1 Å². The van der Waals surface area contributed by atoms with Gasteiger partial charge in [0.05, 0.1) is 17.6 Å². The summed E-state index contributed by atoms with van der Waals surface area (Å²) >= 11 is 6.96. The minimum Gasteiger partial charge on any atom is -0.492 e. The first-order chi connectivity index (χ1) is 9.73. The zero-order chi connectivity index (χ0) is 16.0. The van der Waals surface area contributed by atoms with Gasteiger partial charge in [-0.25, -0.2) is 0 Å². The minimum absolute atomic E-state index is 0.0190. The molecule has 2 N–H and O–H groups in total. The fraction of sp³-hybridized carbons (Fsp3) is 0.533. The molecule has 0 bridgehead atoms. The van der Waals surface area contributed by atoms with Gasteiger partial charge in [0.1, 0.15) is 5.75 Å². The van der Waals surface area contributed by atoms with Crippen LogP contribution in [0.4, 0.5) is 0 Å². The maximum atomic E-state index is 11.8. The van der Waals surface area contributed by atoms with Gasteiger partial charge in [0, 0.05) is 22.1 Å². The van der Waals surface area contributed by atoms with Crippen LogP contribution in [0.2, 0.25) is 0 Å². The molecule has 1 aromatic carbocycles. The molecule has 0 aliphatic heterocycles. The number of amides is 1. The van der Waals surface area contributed by atoms with E-state index in [0.717, 1.165) is 20.3 Å². The van der Waals surface area contributed by atoms with Crippen molar-refractivity contribution >= 4 is 37.8 Å². The lowest BCUT2D eigenvalue weighted by atomic mass is 10.1. The molecule has 118 valence electrons. The van der Waals surface area contributed by atoms with Crippen LogP contribution < -0.4 is 15.4 Å². The van der Waals surface area contributed by atoms with Crippen molar-refractivity contribution in [1.29, 1.82) is 0 Å². The van der Waals surface area contributed by atoms with Crippen LogP contribution in [0.5, 0.6) is 5.75 Å². The molecule has 0 radical (unpaired) electrons. The molecule has 0 fully saturated rings. The van der Waals surface area contributed by atoms with Gasteiger partial charge >= 0.3 is 0 Å². The molecule has 0 atom stereocenters. The Balaban J connectivity index is 2.65. The Hall–Kier alpha value is -0.590. The monoisotopic (exact) mass is 420 g/mol. The first-order valence-corrected chi connectivity index (χ1v) is 8.44. The van der Waals surface area contributed by atoms with E-state index in [1.807, 2.05) is 39.8 Å². The molecule has 0 unspecified atom stereocenters. The predicted molar refractivity (Wildman–Crippen MR) is 92.6 cm³/mol. The lowest BCUT2D eigenvalue weighted by molar-refractivity contribution is -0.121. The Morgan fingerprint density at radius 1 is 1.29 bits per heavy atom. The molecule has 4 nitrogen and oxygen atoms in total. The zero-order valence-corrected chi connectivity index (χ0v) is 16.0. The van der Waals surface area contributed by atoms with Crippen LogP contribution in [-0.4, -0.2) is 24.6 Å². The van der Waals surface area contributed by atoms with Gasteiger partial charge in [-0.05, 0) is 55.8 Å². The molecule has 0 heterocycles. The Kier molecular flexibility index (Phi) is 7.16. The number of rotatable bonds is 6. The van der Waals surface area contributed by atoms with Crippen LogP contribution in [0.25, 0.3) is 0 Å². The van der Waals surface area contributed by atoms with Crippen molar-refractivity contribution in [2.75, 3.05) is 13.2 Å². The van der Waals surface area contributed by atoms with Gasteiger partial charge in [-0.15, -0.1) is 0 Å². The zero-order valence-electron chi connectivity index (χ0n) is 12.8. The van der Waals surface area contributed by atoms with Crippen molar-refractivity contribution in [2.24, 2.45) is 0 Å². The van der Waals surface area contributed by atoms with Crippen LogP contribution in [0.1, 0.15) is 33.3 Å². The molecule has 0 aromatic heterocycles. The number of ether oxygens (including phenoxy) is 1. The predicted octanol–water partition coefficient (Wildman–Crippen LogP) is 3.61. The number of benzene rings is 1. The van der Waals surface area contributed by atoms with E-state index in [0.29, 0.717) is 13.2 Å². The molecule has 21 heavy (non-hydrogen) atoms. The first-order valence-electron chi connectivity index (χ1n) is 6.85.